The highest BCUT2D eigenvalue weighted by atomic mass is 16.2. The molecule has 0 aliphatic carbocycles. The zero-order chi connectivity index (χ0) is 10.6. The number of carbonyl (C=O) groups is 1. The van der Waals surface area contributed by atoms with E-state index in [9.17, 15) is 4.79 Å². The summed E-state index contributed by atoms with van der Waals surface area (Å²) in [5.41, 5.74) is 0. The summed E-state index contributed by atoms with van der Waals surface area (Å²) < 4.78 is 1.88. The van der Waals surface area contributed by atoms with E-state index < -0.39 is 0 Å². The molecule has 2 N–H and O–H groups in total. The third-order valence-electron chi connectivity index (χ3n) is 2.12. The van der Waals surface area contributed by atoms with E-state index in [1.807, 2.05) is 17.7 Å². The van der Waals surface area contributed by atoms with Crippen molar-refractivity contribution in [2.24, 2.45) is 0 Å². The largest absolute Gasteiger partial charge is 0.317 e. The van der Waals surface area contributed by atoms with E-state index in [0.717, 1.165) is 6.54 Å². The molecular weight excluding hydrogens is 180 g/mol. The maximum atomic E-state index is 11.5. The molecule has 1 aromatic rings. The number of amides is 1. The fourth-order valence-electron chi connectivity index (χ4n) is 1.04. The number of carbonyl (C=O) groups excluding carboxylic acids is 1. The van der Waals surface area contributed by atoms with Crippen molar-refractivity contribution >= 4 is 11.9 Å². The Morgan fingerprint density at radius 1 is 1.71 bits per heavy atom. The van der Waals surface area contributed by atoms with Gasteiger partial charge < -0.3 is 9.88 Å². The second-order valence-electron chi connectivity index (χ2n) is 3.04. The van der Waals surface area contributed by atoms with E-state index >= 15 is 0 Å². The van der Waals surface area contributed by atoms with Crippen LogP contribution in [0.15, 0.2) is 12.4 Å². The van der Waals surface area contributed by atoms with Crippen LogP contribution in [0.3, 0.4) is 0 Å². The van der Waals surface area contributed by atoms with Gasteiger partial charge in [0.1, 0.15) is 0 Å². The molecule has 5 heteroatoms. The minimum Gasteiger partial charge on any atom is -0.317 e. The monoisotopic (exact) mass is 196 g/mol. The first kappa shape index (κ1) is 10.7. The van der Waals surface area contributed by atoms with Gasteiger partial charge in [-0.25, -0.2) is 4.98 Å². The van der Waals surface area contributed by atoms with Gasteiger partial charge >= 0.3 is 0 Å². The van der Waals surface area contributed by atoms with Crippen LogP contribution in [0.25, 0.3) is 0 Å². The summed E-state index contributed by atoms with van der Waals surface area (Å²) in [6, 6.07) is -0.211. The Morgan fingerprint density at radius 2 is 2.43 bits per heavy atom. The Balaban J connectivity index is 2.64. The number of nitrogens with one attached hydrogen (secondary N) is 2. The van der Waals surface area contributed by atoms with E-state index in [-0.39, 0.29) is 11.9 Å². The Kier molecular flexibility index (Phi) is 3.64. The van der Waals surface area contributed by atoms with Gasteiger partial charge in [0.15, 0.2) is 0 Å². The number of nitrogens with zero attached hydrogens (tertiary/aromatic N) is 2. The lowest BCUT2D eigenvalue weighted by Crippen LogP contribution is -2.36. The van der Waals surface area contributed by atoms with Gasteiger partial charge in [0, 0.05) is 18.9 Å². The molecule has 1 heterocycles. The lowest BCUT2D eigenvalue weighted by atomic mass is 10.3. The molecule has 1 rings (SSSR count). The Morgan fingerprint density at radius 3 is 3.00 bits per heavy atom. The summed E-state index contributed by atoms with van der Waals surface area (Å²) in [5, 5.41) is 5.61. The Hall–Kier alpha value is -1.36. The molecule has 14 heavy (non-hydrogen) atoms. The zero-order valence-corrected chi connectivity index (χ0v) is 8.74. The molecule has 1 unspecified atom stereocenters. The number of hydrogen-bond acceptors (Lipinski definition) is 3. The van der Waals surface area contributed by atoms with Crippen molar-refractivity contribution in [3.63, 3.8) is 0 Å². The summed E-state index contributed by atoms with van der Waals surface area (Å²) in [4.78, 5) is 15.5. The summed E-state index contributed by atoms with van der Waals surface area (Å²) >= 11 is 0. The number of imidazole rings is 1. The molecule has 78 valence electrons. The smallest absolute Gasteiger partial charge is 0.243 e. The molecule has 1 atom stereocenters. The first-order valence-electron chi connectivity index (χ1n) is 4.68. The molecule has 0 radical (unpaired) electrons. The third-order valence-corrected chi connectivity index (χ3v) is 2.12. The molecule has 0 aliphatic heterocycles. The van der Waals surface area contributed by atoms with Crippen molar-refractivity contribution in [2.75, 3.05) is 12.4 Å². The number of aryl methyl sites for hydroxylation is 1. The van der Waals surface area contributed by atoms with Gasteiger partial charge in [-0.3, -0.25) is 10.1 Å². The fourth-order valence-corrected chi connectivity index (χ4v) is 1.04. The highest BCUT2D eigenvalue weighted by Gasteiger charge is 2.12. The van der Waals surface area contributed by atoms with Gasteiger partial charge in [0.2, 0.25) is 11.9 Å². The molecule has 1 aromatic heterocycles. The Labute approximate surface area is 83.5 Å². The van der Waals surface area contributed by atoms with Crippen LogP contribution in [-0.4, -0.2) is 28.5 Å². The molecule has 0 saturated heterocycles. The SMILES string of the molecule is CCn1ccnc1NC(=O)C(C)NC. The minimum atomic E-state index is -0.211. The predicted molar refractivity (Wildman–Crippen MR) is 55.1 cm³/mol. The molecule has 0 bridgehead atoms. The lowest BCUT2D eigenvalue weighted by molar-refractivity contribution is -0.117. The number of rotatable bonds is 4. The van der Waals surface area contributed by atoms with Crippen LogP contribution in [0, 0.1) is 0 Å². The molecule has 5 nitrogen and oxygen atoms in total. The van der Waals surface area contributed by atoms with E-state index in [4.69, 9.17) is 0 Å². The van der Waals surface area contributed by atoms with E-state index in [1.165, 1.54) is 0 Å². The molecule has 0 aliphatic rings. The standard InChI is InChI=1S/C9H16N4O/c1-4-13-6-5-11-9(13)12-8(14)7(2)10-3/h5-7,10H,4H2,1-3H3,(H,11,12,14). The molecule has 0 aromatic carbocycles. The van der Waals surface area contributed by atoms with Crippen molar-refractivity contribution in [2.45, 2.75) is 26.4 Å². The lowest BCUT2D eigenvalue weighted by Gasteiger charge is -2.11. The van der Waals surface area contributed by atoms with Crippen LogP contribution < -0.4 is 10.6 Å². The topological polar surface area (TPSA) is 59.0 Å². The van der Waals surface area contributed by atoms with Gasteiger partial charge in [0.05, 0.1) is 6.04 Å². The van der Waals surface area contributed by atoms with Gasteiger partial charge in [-0.1, -0.05) is 0 Å². The number of hydrogen-bond donors (Lipinski definition) is 2. The van der Waals surface area contributed by atoms with Crippen molar-refractivity contribution in [3.8, 4) is 0 Å². The predicted octanol–water partition coefficient (Wildman–Crippen LogP) is 0.449. The number of aromatic nitrogens is 2. The van der Waals surface area contributed by atoms with Crippen LogP contribution in [-0.2, 0) is 11.3 Å². The van der Waals surface area contributed by atoms with Crippen LogP contribution in [0.4, 0.5) is 5.95 Å². The highest BCUT2D eigenvalue weighted by molar-refractivity contribution is 5.93. The molecule has 0 saturated carbocycles. The summed E-state index contributed by atoms with van der Waals surface area (Å²) in [6.07, 6.45) is 3.50. The van der Waals surface area contributed by atoms with Gasteiger partial charge in [-0.15, -0.1) is 0 Å². The average molecular weight is 196 g/mol. The summed E-state index contributed by atoms with van der Waals surface area (Å²) in [5.74, 6) is 0.521. The van der Waals surface area contributed by atoms with Crippen molar-refractivity contribution in [1.29, 1.82) is 0 Å². The molecule has 0 fully saturated rings. The van der Waals surface area contributed by atoms with Gasteiger partial charge in [-0.05, 0) is 20.9 Å². The molecule has 0 spiro atoms. The summed E-state index contributed by atoms with van der Waals surface area (Å²) in [6.45, 7) is 4.59. The second-order valence-corrected chi connectivity index (χ2v) is 3.04. The highest BCUT2D eigenvalue weighted by Crippen LogP contribution is 2.03. The van der Waals surface area contributed by atoms with E-state index in [2.05, 4.69) is 15.6 Å². The first-order chi connectivity index (χ1) is 6.69. The van der Waals surface area contributed by atoms with Crippen molar-refractivity contribution in [3.05, 3.63) is 12.4 Å². The van der Waals surface area contributed by atoms with Crippen LogP contribution >= 0.6 is 0 Å². The van der Waals surface area contributed by atoms with Crippen LogP contribution in [0.2, 0.25) is 0 Å². The van der Waals surface area contributed by atoms with Crippen LogP contribution in [0.5, 0.6) is 0 Å². The first-order valence-corrected chi connectivity index (χ1v) is 4.68. The minimum absolute atomic E-state index is 0.0756. The van der Waals surface area contributed by atoms with Crippen molar-refractivity contribution < 1.29 is 4.79 Å². The second kappa shape index (κ2) is 4.76. The van der Waals surface area contributed by atoms with Crippen LogP contribution in [0.1, 0.15) is 13.8 Å². The maximum Gasteiger partial charge on any atom is 0.243 e. The Bertz CT molecular complexity index is 308. The summed E-state index contributed by atoms with van der Waals surface area (Å²) in [7, 11) is 1.75. The maximum absolute atomic E-state index is 11.5. The molecule has 1 amide bonds. The van der Waals surface area contributed by atoms with Gasteiger partial charge in [-0.2, -0.15) is 0 Å². The zero-order valence-electron chi connectivity index (χ0n) is 8.74. The van der Waals surface area contributed by atoms with E-state index in [1.54, 1.807) is 20.2 Å². The van der Waals surface area contributed by atoms with Crippen molar-refractivity contribution in [1.82, 2.24) is 14.9 Å². The number of anilines is 1. The third kappa shape index (κ3) is 2.32. The fraction of sp³-hybridized carbons (Fsp3) is 0.556. The average Bonchev–Trinajstić information content (AvgIpc) is 2.63. The molecular formula is C9H16N4O. The quantitative estimate of drug-likeness (QED) is 0.735. The number of likely N-dealkylation sites (N-methyl/N-ethyl adjacent to an activating group) is 1. The van der Waals surface area contributed by atoms with Gasteiger partial charge in [0.25, 0.3) is 0 Å². The van der Waals surface area contributed by atoms with E-state index in [0.29, 0.717) is 5.95 Å². The normalized spacial score (nSPS) is 12.5.